The summed E-state index contributed by atoms with van der Waals surface area (Å²) in [5.41, 5.74) is 2.07. The number of allylic oxidation sites excluding steroid dienone is 2. The highest BCUT2D eigenvalue weighted by molar-refractivity contribution is 6.25. The molecule has 2 aromatic heterocycles. The van der Waals surface area contributed by atoms with Crippen molar-refractivity contribution >= 4 is 33.9 Å². The van der Waals surface area contributed by atoms with Gasteiger partial charge in [0.05, 0.1) is 5.69 Å². The zero-order valence-electron chi connectivity index (χ0n) is 9.75. The average Bonchev–Trinajstić information content (AvgIpc) is 2.44. The van der Waals surface area contributed by atoms with E-state index in [1.54, 1.807) is 18.6 Å². The highest BCUT2D eigenvalue weighted by Gasteiger charge is 2.38. The van der Waals surface area contributed by atoms with E-state index >= 15 is 0 Å². The molecule has 1 aliphatic carbocycles. The number of Topliss-reactive ketones (excluding diaryl/α,β-unsaturated/α-hetero) is 1. The van der Waals surface area contributed by atoms with Crippen molar-refractivity contribution in [1.82, 2.24) is 14.4 Å². The Labute approximate surface area is 114 Å². The number of aromatic nitrogens is 2. The van der Waals surface area contributed by atoms with Crippen LogP contribution in [0.25, 0.3) is 16.3 Å². The largest absolute Gasteiger partial charge is 0.290 e. The Balaban J connectivity index is 2.15. The number of carbonyl (C=O) groups excluding carboxylic acids is 1. The molecule has 2 aliphatic rings. The summed E-state index contributed by atoms with van der Waals surface area (Å²) < 4.78 is 1.38. The topological polar surface area (TPSA) is 46.1 Å². The molecule has 3 heterocycles. The van der Waals surface area contributed by atoms with Crippen LogP contribution < -0.4 is 0 Å². The second-order valence-corrected chi connectivity index (χ2v) is 4.88. The Hall–Kier alpha value is -2.20. The molecule has 1 unspecified atom stereocenters. The number of halogens is 1. The lowest BCUT2D eigenvalue weighted by Gasteiger charge is -2.31. The predicted octanol–water partition coefficient (Wildman–Crippen LogP) is 2.56. The van der Waals surface area contributed by atoms with Gasteiger partial charge in [-0.05, 0) is 23.6 Å². The van der Waals surface area contributed by atoms with Crippen LogP contribution in [0.2, 0.25) is 0 Å². The van der Waals surface area contributed by atoms with E-state index in [0.29, 0.717) is 5.69 Å². The van der Waals surface area contributed by atoms with Crippen LogP contribution >= 0.6 is 11.8 Å². The smallest absolute Gasteiger partial charge is 0.210 e. The summed E-state index contributed by atoms with van der Waals surface area (Å²) in [6.07, 6.45) is 8.76. The minimum absolute atomic E-state index is 0.0864. The number of hydrogen-bond donors (Lipinski definition) is 0. The van der Waals surface area contributed by atoms with Crippen molar-refractivity contribution < 1.29 is 4.79 Å². The summed E-state index contributed by atoms with van der Waals surface area (Å²) >= 11 is 6.12. The number of fused-ring (bicyclic) bond motifs is 2. The second kappa shape index (κ2) is 3.65. The quantitative estimate of drug-likeness (QED) is 0.690. The van der Waals surface area contributed by atoms with E-state index in [2.05, 4.69) is 9.97 Å². The van der Waals surface area contributed by atoms with Gasteiger partial charge in [-0.1, -0.05) is 6.08 Å². The maximum Gasteiger partial charge on any atom is 0.210 e. The van der Waals surface area contributed by atoms with Gasteiger partial charge in [0.15, 0.2) is 0 Å². The fourth-order valence-electron chi connectivity index (χ4n) is 2.66. The number of carbonyl (C=O) groups is 1. The van der Waals surface area contributed by atoms with Gasteiger partial charge in [0.25, 0.3) is 0 Å². The second-order valence-electron chi connectivity index (χ2n) is 4.49. The van der Waals surface area contributed by atoms with Crippen molar-refractivity contribution in [3.8, 4) is 0 Å². The number of rotatable bonds is 0. The zero-order chi connectivity index (χ0) is 13.0. The molecule has 0 spiro atoms. The first-order chi connectivity index (χ1) is 9.27. The molecule has 0 saturated heterocycles. The van der Waals surface area contributed by atoms with Crippen molar-refractivity contribution in [2.45, 2.75) is 6.04 Å². The molecule has 4 nitrogen and oxygen atoms in total. The summed E-state index contributed by atoms with van der Waals surface area (Å²) in [4.78, 5) is 21.2. The molecule has 0 fully saturated rings. The van der Waals surface area contributed by atoms with Crippen LogP contribution in [0.5, 0.6) is 0 Å². The highest BCUT2D eigenvalue weighted by atomic mass is 35.5. The van der Waals surface area contributed by atoms with Gasteiger partial charge in [0.2, 0.25) is 5.78 Å². The highest BCUT2D eigenvalue weighted by Crippen LogP contribution is 2.38. The van der Waals surface area contributed by atoms with Crippen molar-refractivity contribution in [2.24, 2.45) is 0 Å². The molecule has 0 aromatic carbocycles. The lowest BCUT2D eigenvalue weighted by Crippen LogP contribution is -2.38. The first-order valence-corrected chi connectivity index (χ1v) is 6.22. The lowest BCUT2D eigenvalue weighted by molar-refractivity contribution is 0.0942. The monoisotopic (exact) mass is 269 g/mol. The fraction of sp³-hybridized carbons (Fsp3) is 0.0714. The van der Waals surface area contributed by atoms with Crippen molar-refractivity contribution in [3.05, 3.63) is 54.3 Å². The van der Waals surface area contributed by atoms with Crippen LogP contribution in [-0.4, -0.2) is 26.2 Å². The molecule has 19 heavy (non-hydrogen) atoms. The Morgan fingerprint density at radius 1 is 1.16 bits per heavy atom. The van der Waals surface area contributed by atoms with Gasteiger partial charge >= 0.3 is 0 Å². The number of pyridine rings is 2. The molecule has 4 rings (SSSR count). The number of nitrogens with zero attached hydrogens (tertiary/aromatic N) is 3. The Bertz CT molecular complexity index is 776. The summed E-state index contributed by atoms with van der Waals surface area (Å²) in [6.45, 7) is 0. The Morgan fingerprint density at radius 2 is 1.89 bits per heavy atom. The van der Waals surface area contributed by atoms with E-state index in [9.17, 15) is 4.79 Å². The van der Waals surface area contributed by atoms with E-state index < -0.39 is 6.04 Å². The molecule has 1 aliphatic heterocycles. The molecule has 2 aromatic rings. The van der Waals surface area contributed by atoms with E-state index in [1.165, 1.54) is 4.42 Å². The van der Waals surface area contributed by atoms with Crippen LogP contribution in [0.15, 0.2) is 42.9 Å². The lowest BCUT2D eigenvalue weighted by atomic mass is 9.86. The van der Waals surface area contributed by atoms with E-state index in [0.717, 1.165) is 22.0 Å². The third-order valence-electron chi connectivity index (χ3n) is 3.48. The molecule has 0 amide bonds. The minimum atomic E-state index is -0.535. The zero-order valence-corrected chi connectivity index (χ0v) is 10.5. The van der Waals surface area contributed by atoms with Crippen LogP contribution in [0.3, 0.4) is 0 Å². The van der Waals surface area contributed by atoms with Crippen LogP contribution in [0.1, 0.15) is 16.2 Å². The van der Waals surface area contributed by atoms with Crippen LogP contribution in [0, 0.1) is 0 Å². The van der Waals surface area contributed by atoms with Crippen LogP contribution in [-0.2, 0) is 0 Å². The van der Waals surface area contributed by atoms with Gasteiger partial charge < -0.3 is 0 Å². The molecule has 0 saturated carbocycles. The van der Waals surface area contributed by atoms with Crippen molar-refractivity contribution in [1.29, 1.82) is 0 Å². The molecule has 0 N–H and O–H groups in total. The Morgan fingerprint density at radius 3 is 2.68 bits per heavy atom. The molecular weight excluding hydrogens is 262 g/mol. The molecule has 1 atom stereocenters. The van der Waals surface area contributed by atoms with Crippen molar-refractivity contribution in [2.75, 3.05) is 0 Å². The van der Waals surface area contributed by atoms with E-state index in [1.807, 2.05) is 24.3 Å². The maximum absolute atomic E-state index is 12.6. The third kappa shape index (κ3) is 1.32. The summed E-state index contributed by atoms with van der Waals surface area (Å²) in [7, 11) is 0. The van der Waals surface area contributed by atoms with Gasteiger partial charge in [-0.15, -0.1) is 0 Å². The van der Waals surface area contributed by atoms with Gasteiger partial charge in [-0.25, -0.2) is 0 Å². The molecular formula is C14H8ClN3O. The summed E-state index contributed by atoms with van der Waals surface area (Å²) in [5, 5.41) is 1.79. The van der Waals surface area contributed by atoms with Crippen molar-refractivity contribution in [3.63, 3.8) is 0 Å². The van der Waals surface area contributed by atoms with Gasteiger partial charge in [-0.3, -0.25) is 19.2 Å². The maximum atomic E-state index is 12.6. The van der Waals surface area contributed by atoms with Gasteiger partial charge in [0, 0.05) is 41.3 Å². The van der Waals surface area contributed by atoms with E-state index in [-0.39, 0.29) is 5.78 Å². The van der Waals surface area contributed by atoms with Crippen LogP contribution in [0.4, 0.5) is 0 Å². The first kappa shape index (κ1) is 10.7. The molecule has 92 valence electrons. The molecule has 0 radical (unpaired) electrons. The fourth-order valence-corrected chi connectivity index (χ4v) is 2.92. The van der Waals surface area contributed by atoms with Gasteiger partial charge in [-0.2, -0.15) is 0 Å². The average molecular weight is 270 g/mol. The SMILES string of the molecule is O=C1c2nccc3ccnc(c23)C2=CC=CN(Cl)C12. The number of hydrogen-bond acceptors (Lipinski definition) is 4. The standard InChI is InChI=1S/C14H8ClN3O/c15-18-7-1-2-9-11-10-8(3-5-16-11)4-6-17-12(10)14(19)13(9)18/h1-7,13H. The molecule has 0 bridgehead atoms. The normalized spacial score (nSPS) is 20.5. The minimum Gasteiger partial charge on any atom is -0.290 e. The predicted molar refractivity (Wildman–Crippen MR) is 72.5 cm³/mol. The summed E-state index contributed by atoms with van der Waals surface area (Å²) in [6, 6.07) is 3.23. The molecule has 5 heteroatoms. The van der Waals surface area contributed by atoms with Gasteiger partial charge in [0.1, 0.15) is 11.7 Å². The van der Waals surface area contributed by atoms with E-state index in [4.69, 9.17) is 11.8 Å². The first-order valence-electron chi connectivity index (χ1n) is 5.88. The Kier molecular flexibility index (Phi) is 2.05. The summed E-state index contributed by atoms with van der Waals surface area (Å²) in [5.74, 6) is -0.0864. The third-order valence-corrected chi connectivity index (χ3v) is 3.79. The number of ketones is 1.